The van der Waals surface area contributed by atoms with Crippen molar-refractivity contribution in [3.63, 3.8) is 0 Å². The van der Waals surface area contributed by atoms with Crippen molar-refractivity contribution in [2.75, 3.05) is 7.11 Å². The molecule has 0 radical (unpaired) electrons. The van der Waals surface area contributed by atoms with Gasteiger partial charge in [0.1, 0.15) is 5.75 Å². The predicted molar refractivity (Wildman–Crippen MR) is 90.1 cm³/mol. The third kappa shape index (κ3) is 3.26. The maximum absolute atomic E-state index is 5.26. The number of methoxy groups -OCH3 is 1. The Labute approximate surface area is 129 Å². The molecule has 3 heteroatoms. The van der Waals surface area contributed by atoms with Gasteiger partial charge < -0.3 is 10.1 Å². The Morgan fingerprint density at radius 2 is 1.81 bits per heavy atom. The van der Waals surface area contributed by atoms with E-state index in [1.807, 2.05) is 6.07 Å². The van der Waals surface area contributed by atoms with Gasteiger partial charge in [-0.3, -0.25) is 0 Å². The lowest BCUT2D eigenvalue weighted by atomic mass is 10.1. The maximum Gasteiger partial charge on any atom is 0.119 e. The summed E-state index contributed by atoms with van der Waals surface area (Å²) in [5.41, 5.74) is 4.07. The van der Waals surface area contributed by atoms with E-state index in [1.54, 1.807) is 18.4 Å². The Kier molecular flexibility index (Phi) is 4.23. The van der Waals surface area contributed by atoms with E-state index in [2.05, 4.69) is 53.3 Å². The molecule has 1 N–H and O–H groups in total. The Hall–Kier alpha value is -1.84. The van der Waals surface area contributed by atoms with Crippen LogP contribution in [0.4, 0.5) is 0 Å². The van der Waals surface area contributed by atoms with Gasteiger partial charge in [0.2, 0.25) is 0 Å². The second kappa shape index (κ2) is 6.29. The van der Waals surface area contributed by atoms with Crippen LogP contribution in [0.25, 0.3) is 10.8 Å². The summed E-state index contributed by atoms with van der Waals surface area (Å²) in [4.78, 5) is 0. The smallest absolute Gasteiger partial charge is 0.119 e. The van der Waals surface area contributed by atoms with E-state index in [0.29, 0.717) is 0 Å². The Balaban J connectivity index is 1.68. The average molecular weight is 297 g/mol. The molecule has 2 nitrogen and oxygen atoms in total. The van der Waals surface area contributed by atoms with E-state index in [0.717, 1.165) is 18.8 Å². The fraction of sp³-hybridized carbons (Fsp3) is 0.222. The van der Waals surface area contributed by atoms with Crippen molar-refractivity contribution < 1.29 is 4.74 Å². The molecule has 0 spiro atoms. The first-order valence-electron chi connectivity index (χ1n) is 7.05. The van der Waals surface area contributed by atoms with E-state index in [-0.39, 0.29) is 0 Å². The minimum atomic E-state index is 0.886. The van der Waals surface area contributed by atoms with Crippen LogP contribution < -0.4 is 10.1 Å². The summed E-state index contributed by atoms with van der Waals surface area (Å²) >= 11 is 1.77. The summed E-state index contributed by atoms with van der Waals surface area (Å²) in [7, 11) is 1.70. The lowest BCUT2D eigenvalue weighted by Crippen LogP contribution is -2.12. The number of ether oxygens (including phenoxy) is 1. The van der Waals surface area contributed by atoms with Gasteiger partial charge in [-0.15, -0.1) is 0 Å². The zero-order valence-corrected chi connectivity index (χ0v) is 13.2. The molecule has 0 saturated heterocycles. The topological polar surface area (TPSA) is 21.3 Å². The van der Waals surface area contributed by atoms with Gasteiger partial charge in [0.25, 0.3) is 0 Å². The van der Waals surface area contributed by atoms with E-state index in [1.165, 1.54) is 27.5 Å². The monoisotopic (exact) mass is 297 g/mol. The Morgan fingerprint density at radius 1 is 1.00 bits per heavy atom. The van der Waals surface area contributed by atoms with Gasteiger partial charge in [-0.25, -0.2) is 0 Å². The Morgan fingerprint density at radius 3 is 2.57 bits per heavy atom. The molecule has 0 aliphatic heterocycles. The Bertz CT molecular complexity index is 748. The van der Waals surface area contributed by atoms with Gasteiger partial charge >= 0.3 is 0 Å². The first kappa shape index (κ1) is 14.1. The van der Waals surface area contributed by atoms with E-state index >= 15 is 0 Å². The van der Waals surface area contributed by atoms with Crippen LogP contribution in [0.15, 0.2) is 47.2 Å². The molecule has 21 heavy (non-hydrogen) atoms. The van der Waals surface area contributed by atoms with Crippen molar-refractivity contribution in [1.82, 2.24) is 5.32 Å². The van der Waals surface area contributed by atoms with Crippen LogP contribution in [0.5, 0.6) is 5.75 Å². The molecule has 0 amide bonds. The maximum atomic E-state index is 5.26. The molecule has 0 unspecified atom stereocenters. The molecule has 108 valence electrons. The summed E-state index contributed by atoms with van der Waals surface area (Å²) in [6.07, 6.45) is 0. The lowest BCUT2D eigenvalue weighted by Gasteiger charge is -2.07. The SMILES string of the molecule is COc1ccc2cc(CNCc3cscc3C)ccc2c1. The fourth-order valence-corrected chi connectivity index (χ4v) is 3.28. The number of rotatable bonds is 5. The van der Waals surface area contributed by atoms with Gasteiger partial charge in [-0.05, 0) is 63.3 Å². The lowest BCUT2D eigenvalue weighted by molar-refractivity contribution is 0.415. The number of aryl methyl sites for hydroxylation is 1. The first-order valence-corrected chi connectivity index (χ1v) is 7.99. The molecule has 0 fully saturated rings. The molecule has 3 aromatic rings. The summed E-state index contributed by atoms with van der Waals surface area (Å²) in [5, 5.41) is 10.4. The summed E-state index contributed by atoms with van der Waals surface area (Å²) < 4.78 is 5.26. The van der Waals surface area contributed by atoms with Crippen LogP contribution >= 0.6 is 11.3 Å². The second-order valence-corrected chi connectivity index (χ2v) is 5.97. The molecule has 1 heterocycles. The van der Waals surface area contributed by atoms with Crippen LogP contribution in [-0.4, -0.2) is 7.11 Å². The van der Waals surface area contributed by atoms with Crippen molar-refractivity contribution in [3.8, 4) is 5.75 Å². The standard InChI is InChI=1S/C18H19NOS/c1-13-11-21-12-17(13)10-19-9-14-3-4-16-8-18(20-2)6-5-15(16)7-14/h3-8,11-12,19H,9-10H2,1-2H3. The van der Waals surface area contributed by atoms with Crippen LogP contribution in [-0.2, 0) is 13.1 Å². The number of hydrogen-bond donors (Lipinski definition) is 1. The predicted octanol–water partition coefficient (Wildman–Crippen LogP) is 4.51. The number of nitrogens with one attached hydrogen (secondary N) is 1. The van der Waals surface area contributed by atoms with Gasteiger partial charge in [0, 0.05) is 13.1 Å². The number of thiophene rings is 1. The first-order chi connectivity index (χ1) is 10.3. The highest BCUT2D eigenvalue weighted by Gasteiger charge is 2.01. The van der Waals surface area contributed by atoms with Crippen molar-refractivity contribution in [2.45, 2.75) is 20.0 Å². The zero-order valence-electron chi connectivity index (χ0n) is 12.3. The van der Waals surface area contributed by atoms with Crippen molar-refractivity contribution in [3.05, 3.63) is 63.8 Å². The van der Waals surface area contributed by atoms with Crippen molar-refractivity contribution in [2.24, 2.45) is 0 Å². The quantitative estimate of drug-likeness (QED) is 0.748. The van der Waals surface area contributed by atoms with Gasteiger partial charge in [-0.2, -0.15) is 11.3 Å². The molecule has 2 aromatic carbocycles. The number of benzene rings is 2. The van der Waals surface area contributed by atoms with E-state index in [9.17, 15) is 0 Å². The largest absolute Gasteiger partial charge is 0.497 e. The number of hydrogen-bond acceptors (Lipinski definition) is 3. The molecule has 0 saturated carbocycles. The highest BCUT2D eigenvalue weighted by atomic mass is 32.1. The molecule has 0 aliphatic rings. The van der Waals surface area contributed by atoms with Crippen molar-refractivity contribution >= 4 is 22.1 Å². The highest BCUT2D eigenvalue weighted by molar-refractivity contribution is 7.08. The minimum Gasteiger partial charge on any atom is -0.497 e. The van der Waals surface area contributed by atoms with Crippen LogP contribution in [0.1, 0.15) is 16.7 Å². The molecular formula is C18H19NOS. The van der Waals surface area contributed by atoms with Gasteiger partial charge in [0.15, 0.2) is 0 Å². The average Bonchev–Trinajstić information content (AvgIpc) is 2.92. The fourth-order valence-electron chi connectivity index (χ4n) is 2.42. The van der Waals surface area contributed by atoms with Crippen LogP contribution in [0.2, 0.25) is 0 Å². The third-order valence-electron chi connectivity index (χ3n) is 3.72. The van der Waals surface area contributed by atoms with Crippen LogP contribution in [0, 0.1) is 6.92 Å². The summed E-state index contributed by atoms with van der Waals surface area (Å²) in [5.74, 6) is 0.904. The minimum absolute atomic E-state index is 0.886. The van der Waals surface area contributed by atoms with Crippen LogP contribution in [0.3, 0.4) is 0 Å². The molecule has 1 aromatic heterocycles. The molecule has 0 atom stereocenters. The van der Waals surface area contributed by atoms with Crippen molar-refractivity contribution in [1.29, 1.82) is 0 Å². The zero-order chi connectivity index (χ0) is 14.7. The second-order valence-electron chi connectivity index (χ2n) is 5.23. The van der Waals surface area contributed by atoms with E-state index in [4.69, 9.17) is 4.74 Å². The highest BCUT2D eigenvalue weighted by Crippen LogP contribution is 2.22. The summed E-state index contributed by atoms with van der Waals surface area (Å²) in [6.45, 7) is 3.98. The molecule has 3 rings (SSSR count). The van der Waals surface area contributed by atoms with E-state index < -0.39 is 0 Å². The molecule has 0 aliphatic carbocycles. The number of fused-ring (bicyclic) bond motifs is 1. The normalized spacial score (nSPS) is 11.0. The molecule has 0 bridgehead atoms. The summed E-state index contributed by atoms with van der Waals surface area (Å²) in [6, 6.07) is 12.8. The van der Waals surface area contributed by atoms with Gasteiger partial charge in [0.05, 0.1) is 7.11 Å². The third-order valence-corrected chi connectivity index (χ3v) is 4.63. The molecular weight excluding hydrogens is 278 g/mol. The van der Waals surface area contributed by atoms with Gasteiger partial charge in [-0.1, -0.05) is 18.2 Å².